The molecule has 2 aromatic heterocycles. The highest BCUT2D eigenvalue weighted by Crippen LogP contribution is 2.37. The predicted octanol–water partition coefficient (Wildman–Crippen LogP) is 4.19. The SMILES string of the molecule is COc1cc(F)c(-c2c(NC(=O)c3ccc(OC(F)F)cc3)c(=O)n(-c3nc(N(CCO)CCO)ccc3C(F)(F)F)n2C)c(F)c1. The van der Waals surface area contributed by atoms with Gasteiger partial charge in [0, 0.05) is 37.8 Å². The molecule has 0 unspecified atom stereocenters. The third-order valence-electron chi connectivity index (χ3n) is 6.77. The Morgan fingerprint density at radius 2 is 1.60 bits per heavy atom. The van der Waals surface area contributed by atoms with E-state index in [1.54, 1.807) is 0 Å². The lowest BCUT2D eigenvalue weighted by atomic mass is 10.1. The first-order valence-electron chi connectivity index (χ1n) is 13.5. The summed E-state index contributed by atoms with van der Waals surface area (Å²) in [4.78, 5) is 32.4. The topological polar surface area (TPSA) is 131 Å². The molecule has 0 spiro atoms. The fourth-order valence-electron chi connectivity index (χ4n) is 4.69. The molecule has 0 aliphatic carbocycles. The van der Waals surface area contributed by atoms with Crippen LogP contribution < -0.4 is 25.2 Å². The third kappa shape index (κ3) is 7.33. The van der Waals surface area contributed by atoms with Crippen molar-refractivity contribution in [1.82, 2.24) is 14.3 Å². The molecular formula is C29H26F7N5O6. The average Bonchev–Trinajstić information content (AvgIpc) is 3.24. The highest BCUT2D eigenvalue weighted by atomic mass is 19.4. The van der Waals surface area contributed by atoms with Gasteiger partial charge in [-0.05, 0) is 36.4 Å². The van der Waals surface area contributed by atoms with Crippen LogP contribution in [-0.4, -0.2) is 70.5 Å². The Balaban J connectivity index is 2.00. The van der Waals surface area contributed by atoms with Gasteiger partial charge < -0.3 is 29.9 Å². The van der Waals surface area contributed by atoms with Crippen molar-refractivity contribution in [2.24, 2.45) is 7.05 Å². The van der Waals surface area contributed by atoms with Crippen molar-refractivity contribution in [3.8, 4) is 28.6 Å². The number of pyridine rings is 1. The van der Waals surface area contributed by atoms with Gasteiger partial charge in [0.1, 0.15) is 45.9 Å². The zero-order valence-corrected chi connectivity index (χ0v) is 24.5. The Kier molecular flexibility index (Phi) is 10.4. The maximum absolute atomic E-state index is 15.4. The van der Waals surface area contributed by atoms with E-state index in [2.05, 4.69) is 15.0 Å². The Labute approximate surface area is 261 Å². The van der Waals surface area contributed by atoms with Crippen molar-refractivity contribution in [3.63, 3.8) is 0 Å². The first-order valence-corrected chi connectivity index (χ1v) is 13.5. The van der Waals surface area contributed by atoms with E-state index < -0.39 is 77.4 Å². The van der Waals surface area contributed by atoms with E-state index in [1.165, 1.54) is 4.90 Å². The minimum absolute atomic E-state index is 0.170. The number of alkyl halides is 5. The lowest BCUT2D eigenvalue weighted by Crippen LogP contribution is -2.32. The Morgan fingerprint density at radius 1 is 1.00 bits per heavy atom. The zero-order valence-electron chi connectivity index (χ0n) is 24.5. The van der Waals surface area contributed by atoms with Gasteiger partial charge in [0.2, 0.25) is 0 Å². The summed E-state index contributed by atoms with van der Waals surface area (Å²) < 4.78 is 109. The summed E-state index contributed by atoms with van der Waals surface area (Å²) in [5, 5.41) is 21.0. The van der Waals surface area contributed by atoms with Crippen LogP contribution in [0.1, 0.15) is 15.9 Å². The first kappa shape index (κ1) is 34.8. The van der Waals surface area contributed by atoms with Crippen molar-refractivity contribution < 1.29 is 55.2 Å². The van der Waals surface area contributed by atoms with Crippen molar-refractivity contribution in [2.45, 2.75) is 12.8 Å². The fourth-order valence-corrected chi connectivity index (χ4v) is 4.69. The lowest BCUT2D eigenvalue weighted by molar-refractivity contribution is -0.137. The third-order valence-corrected chi connectivity index (χ3v) is 6.77. The molecule has 0 bridgehead atoms. The maximum atomic E-state index is 15.4. The fraction of sp³-hybridized carbons (Fsp3) is 0.276. The number of aliphatic hydroxyl groups excluding tert-OH is 2. The van der Waals surface area contributed by atoms with Gasteiger partial charge in [-0.25, -0.2) is 13.8 Å². The van der Waals surface area contributed by atoms with Gasteiger partial charge in [-0.15, -0.1) is 0 Å². The molecule has 1 amide bonds. The highest BCUT2D eigenvalue weighted by molar-refractivity contribution is 6.06. The number of methoxy groups -OCH3 is 1. The molecule has 2 aromatic carbocycles. The maximum Gasteiger partial charge on any atom is 0.420 e. The molecule has 2 heterocycles. The van der Waals surface area contributed by atoms with Crippen LogP contribution in [0.4, 0.5) is 42.2 Å². The van der Waals surface area contributed by atoms with Crippen LogP contribution in [0, 0.1) is 11.6 Å². The second-order valence-electron chi connectivity index (χ2n) is 9.66. The van der Waals surface area contributed by atoms with E-state index >= 15 is 8.78 Å². The molecule has 0 saturated heterocycles. The molecule has 0 atom stereocenters. The largest absolute Gasteiger partial charge is 0.497 e. The van der Waals surface area contributed by atoms with Gasteiger partial charge in [0.15, 0.2) is 5.82 Å². The molecule has 0 saturated carbocycles. The predicted molar refractivity (Wildman–Crippen MR) is 153 cm³/mol. The van der Waals surface area contributed by atoms with Crippen LogP contribution in [0.15, 0.2) is 53.3 Å². The van der Waals surface area contributed by atoms with Gasteiger partial charge in [0.25, 0.3) is 11.5 Å². The number of nitrogens with zero attached hydrogens (tertiary/aromatic N) is 4. The number of aromatic nitrogens is 3. The van der Waals surface area contributed by atoms with Crippen LogP contribution >= 0.6 is 0 Å². The second-order valence-corrected chi connectivity index (χ2v) is 9.66. The zero-order chi connectivity index (χ0) is 34.6. The molecule has 18 heteroatoms. The second kappa shape index (κ2) is 14.1. The summed E-state index contributed by atoms with van der Waals surface area (Å²) in [6.45, 7) is -4.46. The van der Waals surface area contributed by atoms with E-state index in [0.717, 1.165) is 56.6 Å². The Morgan fingerprint density at radius 3 is 2.11 bits per heavy atom. The van der Waals surface area contributed by atoms with E-state index in [4.69, 9.17) is 4.74 Å². The summed E-state index contributed by atoms with van der Waals surface area (Å²) in [5.41, 5.74) is -5.59. The Hall–Kier alpha value is -5.10. The molecule has 0 radical (unpaired) electrons. The van der Waals surface area contributed by atoms with Crippen LogP contribution in [0.5, 0.6) is 11.5 Å². The average molecular weight is 674 g/mol. The normalized spacial score (nSPS) is 11.6. The van der Waals surface area contributed by atoms with Crippen molar-refractivity contribution in [2.75, 3.05) is 43.6 Å². The quantitative estimate of drug-likeness (QED) is 0.191. The number of aliphatic hydroxyl groups is 2. The molecule has 4 aromatic rings. The van der Waals surface area contributed by atoms with Crippen molar-refractivity contribution in [3.05, 3.63) is 81.6 Å². The molecule has 0 aliphatic rings. The van der Waals surface area contributed by atoms with Crippen molar-refractivity contribution >= 4 is 17.4 Å². The number of hydrogen-bond donors (Lipinski definition) is 3. The summed E-state index contributed by atoms with van der Waals surface area (Å²) in [5.74, 6) is -5.58. The van der Waals surface area contributed by atoms with E-state index in [1.807, 2.05) is 0 Å². The van der Waals surface area contributed by atoms with Crippen LogP contribution in [0.2, 0.25) is 0 Å². The number of amides is 1. The van der Waals surface area contributed by atoms with Crippen LogP contribution in [-0.2, 0) is 13.2 Å². The van der Waals surface area contributed by atoms with Gasteiger partial charge in [-0.3, -0.25) is 14.3 Å². The van der Waals surface area contributed by atoms with Gasteiger partial charge >= 0.3 is 12.8 Å². The van der Waals surface area contributed by atoms with Gasteiger partial charge in [0.05, 0.1) is 25.9 Å². The Bertz CT molecular complexity index is 1780. The molecule has 47 heavy (non-hydrogen) atoms. The number of anilines is 2. The smallest absolute Gasteiger partial charge is 0.420 e. The molecular weight excluding hydrogens is 647 g/mol. The number of ether oxygens (including phenoxy) is 2. The first-order chi connectivity index (χ1) is 22.2. The highest BCUT2D eigenvalue weighted by Gasteiger charge is 2.38. The molecule has 11 nitrogen and oxygen atoms in total. The van der Waals surface area contributed by atoms with Gasteiger partial charge in [-0.1, -0.05) is 0 Å². The summed E-state index contributed by atoms with van der Waals surface area (Å²) in [6, 6.07) is 7.10. The van der Waals surface area contributed by atoms with E-state index in [9.17, 15) is 41.8 Å². The molecule has 0 aliphatic heterocycles. The number of nitrogens with one attached hydrogen (secondary N) is 1. The molecule has 0 fully saturated rings. The molecule has 252 valence electrons. The monoisotopic (exact) mass is 673 g/mol. The van der Waals surface area contributed by atoms with Crippen LogP contribution in [0.3, 0.4) is 0 Å². The number of carbonyl (C=O) groups excluding carboxylic acids is 1. The molecule has 4 rings (SSSR count). The summed E-state index contributed by atoms with van der Waals surface area (Å²) >= 11 is 0. The van der Waals surface area contributed by atoms with Crippen LogP contribution in [0.25, 0.3) is 17.1 Å². The number of rotatable bonds is 12. The van der Waals surface area contributed by atoms with Crippen molar-refractivity contribution in [1.29, 1.82) is 0 Å². The van der Waals surface area contributed by atoms with Gasteiger partial charge in [-0.2, -0.15) is 26.6 Å². The minimum Gasteiger partial charge on any atom is -0.497 e. The molecule has 3 N–H and O–H groups in total. The number of hydrogen-bond acceptors (Lipinski definition) is 8. The number of halogens is 7. The number of benzene rings is 2. The summed E-state index contributed by atoms with van der Waals surface area (Å²) in [7, 11) is 2.12. The van der Waals surface area contributed by atoms with E-state index in [0.29, 0.717) is 15.4 Å². The number of carbonyl (C=O) groups is 1. The standard InChI is InChI=1S/C29H26F7N5O6/c1-39-24(22-19(30)13-17(46-2)14-20(22)31)23(38-26(44)15-3-5-16(6-4-15)47-28(32)33)27(45)41(39)25-18(29(34,35)36)7-8-21(37-25)40(9-11-42)10-12-43/h3-8,13-14,28,42-43H,9-12H2,1-2H3,(H,38,44). The minimum atomic E-state index is -5.12. The summed E-state index contributed by atoms with van der Waals surface area (Å²) in [6.07, 6.45) is -5.12. The van der Waals surface area contributed by atoms with E-state index in [-0.39, 0.29) is 36.0 Å². The lowest BCUT2D eigenvalue weighted by Gasteiger charge is -2.24.